The van der Waals surface area contributed by atoms with Crippen molar-refractivity contribution in [3.8, 4) is 33.4 Å². The SMILES string of the molecule is c1ccc(-c2c3ccccc3c(-c3ccc(-c4ccc5oc6cc7ccc8oc9ccccc9c8c7cc6c5c4)c4ccccc34)c3ccccc23)cc1. The molecule has 10 aromatic carbocycles. The van der Waals surface area contributed by atoms with Crippen LogP contribution in [0.4, 0.5) is 0 Å². The highest BCUT2D eigenvalue weighted by atomic mass is 16.3. The molecule has 0 aliphatic carbocycles. The van der Waals surface area contributed by atoms with Crippen molar-refractivity contribution >= 4 is 87.0 Å². The Labute approximate surface area is 310 Å². The van der Waals surface area contributed by atoms with Crippen LogP contribution in [-0.2, 0) is 0 Å². The van der Waals surface area contributed by atoms with E-state index in [1.165, 1.54) is 65.5 Å². The van der Waals surface area contributed by atoms with E-state index in [1.807, 2.05) is 12.1 Å². The zero-order chi connectivity index (χ0) is 35.3. The molecule has 0 radical (unpaired) electrons. The van der Waals surface area contributed by atoms with Gasteiger partial charge in [-0.2, -0.15) is 0 Å². The highest BCUT2D eigenvalue weighted by Gasteiger charge is 2.20. The Balaban J connectivity index is 1.09. The van der Waals surface area contributed by atoms with Gasteiger partial charge in [-0.1, -0.05) is 146 Å². The zero-order valence-corrected chi connectivity index (χ0v) is 29.1. The van der Waals surface area contributed by atoms with Gasteiger partial charge in [0.1, 0.15) is 22.3 Å². The van der Waals surface area contributed by atoms with Gasteiger partial charge in [-0.3, -0.25) is 0 Å². The van der Waals surface area contributed by atoms with Gasteiger partial charge >= 0.3 is 0 Å². The molecule has 54 heavy (non-hydrogen) atoms. The third kappa shape index (κ3) is 4.17. The minimum absolute atomic E-state index is 0.884. The zero-order valence-electron chi connectivity index (χ0n) is 29.1. The Morgan fingerprint density at radius 1 is 0.259 bits per heavy atom. The van der Waals surface area contributed by atoms with E-state index in [9.17, 15) is 0 Å². The molecular formula is C52H30O2. The Morgan fingerprint density at radius 2 is 0.796 bits per heavy atom. The lowest BCUT2D eigenvalue weighted by Gasteiger charge is -2.19. The van der Waals surface area contributed by atoms with E-state index in [0.29, 0.717) is 0 Å². The first-order valence-electron chi connectivity index (χ1n) is 18.5. The Kier molecular flexibility index (Phi) is 6.09. The largest absolute Gasteiger partial charge is 0.456 e. The van der Waals surface area contributed by atoms with Crippen LogP contribution in [0.1, 0.15) is 0 Å². The lowest BCUT2D eigenvalue weighted by atomic mass is 9.84. The lowest BCUT2D eigenvalue weighted by molar-refractivity contribution is 0.668. The van der Waals surface area contributed by atoms with Gasteiger partial charge in [0.15, 0.2) is 0 Å². The molecule has 0 aliphatic heterocycles. The smallest absolute Gasteiger partial charge is 0.136 e. The number of fused-ring (bicyclic) bond motifs is 11. The number of rotatable bonds is 3. The van der Waals surface area contributed by atoms with Crippen molar-refractivity contribution in [2.45, 2.75) is 0 Å². The van der Waals surface area contributed by atoms with Crippen LogP contribution in [0, 0.1) is 0 Å². The van der Waals surface area contributed by atoms with E-state index < -0.39 is 0 Å². The molecule has 2 nitrogen and oxygen atoms in total. The van der Waals surface area contributed by atoms with Gasteiger partial charge in [-0.25, -0.2) is 0 Å². The van der Waals surface area contributed by atoms with Crippen molar-refractivity contribution in [2.24, 2.45) is 0 Å². The second-order valence-electron chi connectivity index (χ2n) is 14.3. The van der Waals surface area contributed by atoms with Crippen molar-refractivity contribution in [2.75, 3.05) is 0 Å². The standard InChI is InChI=1S/C52H30O2/c1-2-12-31(13-3-1)50-37-16-6-8-18-39(37)51(40-19-9-7-17-38(40)50)41-25-24-34(35-14-4-5-15-36(35)41)32-22-26-47-44(28-32)45-30-43-33(29-49(45)54-47)23-27-48-52(43)42-20-10-11-21-46(42)53-48/h1-30H. The quantitative estimate of drug-likeness (QED) is 0.173. The summed E-state index contributed by atoms with van der Waals surface area (Å²) in [5.41, 5.74) is 11.0. The fraction of sp³-hybridized carbons (Fsp3) is 0. The third-order valence-corrected chi connectivity index (χ3v) is 11.4. The molecule has 0 saturated carbocycles. The van der Waals surface area contributed by atoms with Gasteiger partial charge in [0.05, 0.1) is 0 Å². The molecule has 12 aromatic rings. The predicted octanol–water partition coefficient (Wildman–Crippen LogP) is 15.1. The summed E-state index contributed by atoms with van der Waals surface area (Å²) >= 11 is 0. The summed E-state index contributed by atoms with van der Waals surface area (Å²) in [4.78, 5) is 0. The molecule has 0 atom stereocenters. The number of hydrogen-bond acceptors (Lipinski definition) is 2. The van der Waals surface area contributed by atoms with Crippen molar-refractivity contribution in [1.82, 2.24) is 0 Å². The molecule has 0 spiro atoms. The molecule has 2 aromatic heterocycles. The Hall–Kier alpha value is -7.16. The van der Waals surface area contributed by atoms with Gasteiger partial charge in [-0.05, 0) is 113 Å². The van der Waals surface area contributed by atoms with E-state index >= 15 is 0 Å². The molecule has 0 saturated heterocycles. The van der Waals surface area contributed by atoms with Crippen LogP contribution in [0.15, 0.2) is 191 Å². The van der Waals surface area contributed by atoms with E-state index in [1.54, 1.807) is 0 Å². The maximum Gasteiger partial charge on any atom is 0.136 e. The van der Waals surface area contributed by atoms with E-state index in [2.05, 4.69) is 170 Å². The minimum Gasteiger partial charge on any atom is -0.456 e. The van der Waals surface area contributed by atoms with Crippen LogP contribution in [0.2, 0.25) is 0 Å². The molecule has 0 aliphatic rings. The van der Waals surface area contributed by atoms with Crippen LogP contribution in [0.25, 0.3) is 120 Å². The molecule has 2 heteroatoms. The van der Waals surface area contributed by atoms with Crippen LogP contribution < -0.4 is 0 Å². The molecule has 0 amide bonds. The van der Waals surface area contributed by atoms with Crippen LogP contribution >= 0.6 is 0 Å². The van der Waals surface area contributed by atoms with E-state index in [-0.39, 0.29) is 0 Å². The minimum atomic E-state index is 0.884. The first-order valence-corrected chi connectivity index (χ1v) is 18.5. The summed E-state index contributed by atoms with van der Waals surface area (Å²) in [6.07, 6.45) is 0. The van der Waals surface area contributed by atoms with Crippen LogP contribution in [0.3, 0.4) is 0 Å². The highest BCUT2D eigenvalue weighted by molar-refractivity contribution is 6.25. The number of para-hydroxylation sites is 1. The average molecular weight is 687 g/mol. The molecule has 12 rings (SSSR count). The normalized spacial score (nSPS) is 12.1. The third-order valence-electron chi connectivity index (χ3n) is 11.4. The Bertz CT molecular complexity index is 3430. The monoisotopic (exact) mass is 686 g/mol. The number of furan rings is 2. The summed E-state index contributed by atoms with van der Waals surface area (Å²) in [6.45, 7) is 0. The van der Waals surface area contributed by atoms with E-state index in [0.717, 1.165) is 54.8 Å². The highest BCUT2D eigenvalue weighted by Crippen LogP contribution is 2.47. The van der Waals surface area contributed by atoms with E-state index in [4.69, 9.17) is 8.83 Å². The van der Waals surface area contributed by atoms with Crippen molar-refractivity contribution in [3.63, 3.8) is 0 Å². The van der Waals surface area contributed by atoms with Crippen molar-refractivity contribution < 1.29 is 8.83 Å². The maximum atomic E-state index is 6.50. The van der Waals surface area contributed by atoms with Gasteiger partial charge < -0.3 is 8.83 Å². The van der Waals surface area contributed by atoms with Gasteiger partial charge in [0.2, 0.25) is 0 Å². The first-order chi connectivity index (χ1) is 26.8. The van der Waals surface area contributed by atoms with Gasteiger partial charge in [-0.15, -0.1) is 0 Å². The summed E-state index contributed by atoms with van der Waals surface area (Å²) in [5.74, 6) is 0. The molecule has 0 fully saturated rings. The summed E-state index contributed by atoms with van der Waals surface area (Å²) in [5, 5.41) is 14.3. The van der Waals surface area contributed by atoms with Crippen molar-refractivity contribution in [1.29, 1.82) is 0 Å². The summed E-state index contributed by atoms with van der Waals surface area (Å²) in [6, 6.07) is 65.7. The number of hydrogen-bond donors (Lipinski definition) is 0. The molecular weight excluding hydrogens is 657 g/mol. The van der Waals surface area contributed by atoms with Gasteiger partial charge in [0.25, 0.3) is 0 Å². The fourth-order valence-electron chi connectivity index (χ4n) is 9.09. The molecule has 2 heterocycles. The topological polar surface area (TPSA) is 26.3 Å². The van der Waals surface area contributed by atoms with Crippen LogP contribution in [0.5, 0.6) is 0 Å². The second-order valence-corrected chi connectivity index (χ2v) is 14.3. The van der Waals surface area contributed by atoms with Gasteiger partial charge in [0, 0.05) is 21.5 Å². The number of benzene rings is 10. The second kappa shape index (κ2) is 11.2. The molecule has 250 valence electrons. The summed E-state index contributed by atoms with van der Waals surface area (Å²) in [7, 11) is 0. The Morgan fingerprint density at radius 3 is 1.54 bits per heavy atom. The maximum absolute atomic E-state index is 6.50. The molecule has 0 unspecified atom stereocenters. The lowest BCUT2D eigenvalue weighted by Crippen LogP contribution is -1.92. The predicted molar refractivity (Wildman–Crippen MR) is 227 cm³/mol. The molecule has 0 bridgehead atoms. The van der Waals surface area contributed by atoms with Crippen molar-refractivity contribution in [3.05, 3.63) is 182 Å². The first kappa shape index (κ1) is 29.4. The molecule has 0 N–H and O–H groups in total. The van der Waals surface area contributed by atoms with Crippen LogP contribution in [-0.4, -0.2) is 0 Å². The average Bonchev–Trinajstić information content (AvgIpc) is 3.79. The fourth-order valence-corrected chi connectivity index (χ4v) is 9.09. The summed E-state index contributed by atoms with van der Waals surface area (Å²) < 4.78 is 12.7.